The van der Waals surface area contributed by atoms with Crippen molar-refractivity contribution < 1.29 is 50.5 Å². The molecule has 15 heavy (non-hydrogen) atoms. The predicted molar refractivity (Wildman–Crippen MR) is 52.1 cm³/mol. The second-order valence-corrected chi connectivity index (χ2v) is 2.35. The van der Waals surface area contributed by atoms with Gasteiger partial charge in [-0.05, 0) is 6.92 Å². The number of hydrogen-bond donors (Lipinski definition) is 4. The van der Waals surface area contributed by atoms with Crippen molar-refractivity contribution in [3.63, 3.8) is 0 Å². The van der Waals surface area contributed by atoms with Crippen LogP contribution in [0.25, 0.3) is 0 Å². The maximum absolute atomic E-state index is 9.57. The Bertz CT molecular complexity index is 182. The van der Waals surface area contributed by atoms with E-state index in [9.17, 15) is 14.4 Å². The minimum atomic E-state index is -0.963. The Balaban J connectivity index is -0.0000000367. The average molecular weight is 231 g/mol. The molecule has 0 radical (unpaired) electrons. The van der Waals surface area contributed by atoms with Gasteiger partial charge in [0.05, 0.1) is 0 Å². The molecular weight excluding hydrogens is 213 g/mol. The first-order valence-corrected chi connectivity index (χ1v) is 3.61. The second-order valence-electron chi connectivity index (χ2n) is 2.35. The third-order valence-corrected chi connectivity index (χ3v) is 0.390. The molecule has 0 fully saturated rings. The molecule has 2 amide bonds. The Morgan fingerprint density at radius 3 is 1.20 bits per heavy atom. The van der Waals surface area contributed by atoms with Crippen LogP contribution >= 0.6 is 0 Å². The number of primary amides is 2. The molecular formula is C7H18N3NaO4. The van der Waals surface area contributed by atoms with Crippen LogP contribution in [0, 0.1) is 0 Å². The number of carbonyl (C=O) groups is 3. The molecule has 7 N–H and O–H groups in total. The quantitative estimate of drug-likeness (QED) is 0.335. The molecule has 0 saturated heterocycles. The van der Waals surface area contributed by atoms with E-state index in [1.165, 1.54) is 20.8 Å². The van der Waals surface area contributed by atoms with Crippen molar-refractivity contribution in [1.29, 1.82) is 0 Å². The van der Waals surface area contributed by atoms with Gasteiger partial charge in [0.15, 0.2) is 0 Å². The van der Waals surface area contributed by atoms with Gasteiger partial charge >= 0.3 is 35.5 Å². The van der Waals surface area contributed by atoms with E-state index in [0.29, 0.717) is 0 Å². The summed E-state index contributed by atoms with van der Waals surface area (Å²) in [6.45, 7) is 4.03. The summed E-state index contributed by atoms with van der Waals surface area (Å²) in [7, 11) is 0. The molecule has 0 aliphatic carbocycles. The first kappa shape index (κ1) is 23.9. The van der Waals surface area contributed by atoms with Gasteiger partial charge in [0.1, 0.15) is 6.04 Å². The van der Waals surface area contributed by atoms with E-state index >= 15 is 0 Å². The second kappa shape index (κ2) is 15.8. The van der Waals surface area contributed by atoms with Gasteiger partial charge in [0, 0.05) is 13.8 Å². The number of carboxylic acids is 1. The number of carboxylic acid groups (broad SMARTS) is 1. The summed E-state index contributed by atoms with van der Waals surface area (Å²) in [5.74, 6) is -1.63. The van der Waals surface area contributed by atoms with E-state index in [1.807, 2.05) is 0 Å². The Kier molecular flexibility index (Phi) is 25.2. The standard InChI is InChI=1S/C3H7NO2.2C2H5NO.Na.H/c1-2(4)3(5)6;2*1-2(3)4;;/h2H,4H2,1H3,(H,5,6);2*1H3,(H2,3,4);;/q;;;+1;-1/t2-;;;;/m0..../s1. The van der Waals surface area contributed by atoms with E-state index in [4.69, 9.17) is 10.8 Å². The van der Waals surface area contributed by atoms with Crippen LogP contribution in [0.5, 0.6) is 0 Å². The van der Waals surface area contributed by atoms with E-state index in [1.54, 1.807) is 0 Å². The van der Waals surface area contributed by atoms with Crippen molar-refractivity contribution in [2.24, 2.45) is 17.2 Å². The summed E-state index contributed by atoms with van der Waals surface area (Å²) >= 11 is 0. The van der Waals surface area contributed by atoms with E-state index in [0.717, 1.165) is 0 Å². The Morgan fingerprint density at radius 1 is 1.13 bits per heavy atom. The SMILES string of the molecule is CC(N)=O.CC(N)=O.C[C@H](N)C(=O)O.[H-].[Na+]. The smallest absolute Gasteiger partial charge is 1.00 e. The number of hydrogen-bond acceptors (Lipinski definition) is 4. The summed E-state index contributed by atoms with van der Waals surface area (Å²) in [6, 6.07) is -0.731. The summed E-state index contributed by atoms with van der Waals surface area (Å²) in [5.41, 5.74) is 13.8. The maximum Gasteiger partial charge on any atom is 1.00 e. The van der Waals surface area contributed by atoms with Crippen LogP contribution in [0.2, 0.25) is 0 Å². The molecule has 0 rings (SSSR count). The minimum absolute atomic E-state index is 0. The summed E-state index contributed by atoms with van der Waals surface area (Å²) in [5, 5.41) is 7.87. The zero-order chi connectivity index (χ0) is 12.3. The third-order valence-electron chi connectivity index (χ3n) is 0.390. The minimum Gasteiger partial charge on any atom is -1.00 e. The number of amides is 2. The normalized spacial score (nSPS) is 8.80. The van der Waals surface area contributed by atoms with Gasteiger partial charge < -0.3 is 23.7 Å². The van der Waals surface area contributed by atoms with E-state index in [-0.39, 0.29) is 42.8 Å². The van der Waals surface area contributed by atoms with Crippen LogP contribution in [-0.2, 0) is 14.4 Å². The molecule has 86 valence electrons. The van der Waals surface area contributed by atoms with Crippen LogP contribution in [0.1, 0.15) is 22.2 Å². The first-order valence-electron chi connectivity index (χ1n) is 3.61. The van der Waals surface area contributed by atoms with Crippen LogP contribution in [0.4, 0.5) is 0 Å². The van der Waals surface area contributed by atoms with Crippen LogP contribution in [0.3, 0.4) is 0 Å². The topological polar surface area (TPSA) is 150 Å². The molecule has 0 aromatic carbocycles. The van der Waals surface area contributed by atoms with Crippen molar-refractivity contribution in [2.45, 2.75) is 26.8 Å². The van der Waals surface area contributed by atoms with Gasteiger partial charge in [-0.2, -0.15) is 0 Å². The fourth-order valence-corrected chi connectivity index (χ4v) is 0. The fraction of sp³-hybridized carbons (Fsp3) is 0.571. The van der Waals surface area contributed by atoms with Crippen LogP contribution in [0.15, 0.2) is 0 Å². The van der Waals surface area contributed by atoms with Gasteiger partial charge in [-0.15, -0.1) is 0 Å². The Hall–Kier alpha value is -0.630. The van der Waals surface area contributed by atoms with Crippen LogP contribution < -0.4 is 46.8 Å². The number of aliphatic carboxylic acids is 1. The summed E-state index contributed by atoms with van der Waals surface area (Å²) in [4.78, 5) is 28.0. The molecule has 8 heteroatoms. The summed E-state index contributed by atoms with van der Waals surface area (Å²) in [6.07, 6.45) is 0. The molecule has 0 bridgehead atoms. The Labute approximate surface area is 112 Å². The zero-order valence-corrected chi connectivity index (χ0v) is 11.5. The average Bonchev–Trinajstić information content (AvgIpc) is 1.83. The van der Waals surface area contributed by atoms with Crippen molar-refractivity contribution >= 4 is 17.8 Å². The molecule has 0 saturated carbocycles. The molecule has 0 aromatic heterocycles. The zero-order valence-electron chi connectivity index (χ0n) is 10.5. The molecule has 0 unspecified atom stereocenters. The largest absolute Gasteiger partial charge is 1.00 e. The molecule has 0 aromatic rings. The van der Waals surface area contributed by atoms with E-state index < -0.39 is 12.0 Å². The Morgan fingerprint density at radius 2 is 1.20 bits per heavy atom. The van der Waals surface area contributed by atoms with Crippen molar-refractivity contribution in [1.82, 2.24) is 0 Å². The molecule has 0 aliphatic heterocycles. The molecule has 0 aliphatic rings. The van der Waals surface area contributed by atoms with Gasteiger partial charge in [-0.1, -0.05) is 0 Å². The number of carbonyl (C=O) groups excluding carboxylic acids is 2. The first-order chi connectivity index (χ1) is 6.11. The van der Waals surface area contributed by atoms with Crippen molar-refractivity contribution in [3.05, 3.63) is 0 Å². The summed E-state index contributed by atoms with van der Waals surface area (Å²) < 4.78 is 0. The van der Waals surface area contributed by atoms with E-state index in [2.05, 4.69) is 11.5 Å². The van der Waals surface area contributed by atoms with Crippen LogP contribution in [-0.4, -0.2) is 28.9 Å². The number of nitrogens with two attached hydrogens (primary N) is 3. The fourth-order valence-electron chi connectivity index (χ4n) is 0. The maximum atomic E-state index is 9.57. The predicted octanol–water partition coefficient (Wildman–Crippen LogP) is -4.48. The number of rotatable bonds is 1. The molecule has 7 nitrogen and oxygen atoms in total. The molecule has 1 atom stereocenters. The third kappa shape index (κ3) is 152. The molecule has 0 heterocycles. The monoisotopic (exact) mass is 231 g/mol. The van der Waals surface area contributed by atoms with Crippen molar-refractivity contribution in [3.8, 4) is 0 Å². The van der Waals surface area contributed by atoms with Gasteiger partial charge in [-0.25, -0.2) is 0 Å². The van der Waals surface area contributed by atoms with Crippen molar-refractivity contribution in [2.75, 3.05) is 0 Å². The van der Waals surface area contributed by atoms with Gasteiger partial charge in [0.2, 0.25) is 11.8 Å². The molecule has 0 spiro atoms. The van der Waals surface area contributed by atoms with Gasteiger partial charge in [-0.3, -0.25) is 14.4 Å². The van der Waals surface area contributed by atoms with Gasteiger partial charge in [0.25, 0.3) is 0 Å².